The predicted octanol–water partition coefficient (Wildman–Crippen LogP) is 4.87. The molecule has 5 rings (SSSR count). The molecule has 0 aliphatic carbocycles. The van der Waals surface area contributed by atoms with E-state index in [2.05, 4.69) is 27.4 Å². The first-order chi connectivity index (χ1) is 16.5. The molecule has 0 saturated carbocycles. The van der Waals surface area contributed by atoms with Gasteiger partial charge in [-0.2, -0.15) is 9.61 Å². The minimum atomic E-state index is -3.79. The van der Waals surface area contributed by atoms with Gasteiger partial charge in [-0.1, -0.05) is 71.5 Å². The van der Waals surface area contributed by atoms with Crippen LogP contribution in [0, 0.1) is 0 Å². The molecule has 0 aliphatic heterocycles. The first-order valence-corrected chi connectivity index (χ1v) is 13.2. The van der Waals surface area contributed by atoms with E-state index >= 15 is 0 Å². The molecule has 0 saturated heterocycles. The summed E-state index contributed by atoms with van der Waals surface area (Å²) in [4.78, 5) is 0.903. The topological polar surface area (TPSA) is 80.5 Å². The molecule has 0 aliphatic rings. The predicted molar refractivity (Wildman–Crippen MR) is 134 cm³/mol. The quantitative estimate of drug-likeness (QED) is 0.298. The van der Waals surface area contributed by atoms with Gasteiger partial charge in [-0.05, 0) is 42.0 Å². The molecule has 3 aromatic carbocycles. The zero-order valence-electron chi connectivity index (χ0n) is 18.0. The highest BCUT2D eigenvalue weighted by molar-refractivity contribution is 7.92. The number of fused-ring (bicyclic) bond motifs is 1. The Morgan fingerprint density at radius 2 is 1.56 bits per heavy atom. The Hall–Kier alpha value is -3.27. The van der Waals surface area contributed by atoms with Crippen LogP contribution in [0.1, 0.15) is 16.4 Å². The normalized spacial score (nSPS) is 11.7. The van der Waals surface area contributed by atoms with Gasteiger partial charge in [0, 0.05) is 24.4 Å². The fourth-order valence-electron chi connectivity index (χ4n) is 3.61. The Morgan fingerprint density at radius 3 is 2.26 bits per heavy atom. The van der Waals surface area contributed by atoms with Crippen molar-refractivity contribution in [2.45, 2.75) is 17.7 Å². The zero-order chi connectivity index (χ0) is 23.5. The van der Waals surface area contributed by atoms with Crippen molar-refractivity contribution in [2.75, 3.05) is 10.8 Å². The van der Waals surface area contributed by atoms with Crippen LogP contribution in [-0.4, -0.2) is 34.8 Å². The number of nitrogens with zero attached hydrogens (tertiary/aromatic N) is 5. The first-order valence-electron chi connectivity index (χ1n) is 10.6. The third-order valence-electron chi connectivity index (χ3n) is 5.28. The Balaban J connectivity index is 1.42. The molecule has 0 atom stereocenters. The van der Waals surface area contributed by atoms with Crippen LogP contribution in [0.25, 0.3) is 4.96 Å². The molecule has 0 spiro atoms. The molecule has 0 fully saturated rings. The average Bonchev–Trinajstić information content (AvgIpc) is 3.42. The van der Waals surface area contributed by atoms with E-state index in [1.54, 1.807) is 59.1 Å². The van der Waals surface area contributed by atoms with Gasteiger partial charge in [0.25, 0.3) is 10.0 Å². The van der Waals surface area contributed by atoms with Crippen LogP contribution in [0.3, 0.4) is 0 Å². The number of sulfonamides is 1. The number of halogens is 1. The molecular weight excluding hydrogens is 490 g/mol. The minimum Gasteiger partial charge on any atom is -0.266 e. The summed E-state index contributed by atoms with van der Waals surface area (Å²) >= 11 is 7.51. The molecule has 0 bridgehead atoms. The van der Waals surface area contributed by atoms with Gasteiger partial charge < -0.3 is 0 Å². The van der Waals surface area contributed by atoms with E-state index in [0.29, 0.717) is 34.3 Å². The van der Waals surface area contributed by atoms with Crippen molar-refractivity contribution in [3.63, 3.8) is 0 Å². The zero-order valence-corrected chi connectivity index (χ0v) is 20.3. The summed E-state index contributed by atoms with van der Waals surface area (Å²) in [7, 11) is -3.79. The van der Waals surface area contributed by atoms with Crippen LogP contribution in [0.5, 0.6) is 0 Å². The van der Waals surface area contributed by atoms with Crippen LogP contribution in [0.4, 0.5) is 5.69 Å². The maximum atomic E-state index is 13.5. The number of benzene rings is 3. The summed E-state index contributed by atoms with van der Waals surface area (Å²) in [6, 6.07) is 25.2. The van der Waals surface area contributed by atoms with Crippen LogP contribution < -0.4 is 4.31 Å². The van der Waals surface area contributed by atoms with Gasteiger partial charge in [-0.15, -0.1) is 10.2 Å². The average molecular weight is 510 g/mol. The second-order valence-corrected chi connectivity index (χ2v) is 10.9. The van der Waals surface area contributed by atoms with Gasteiger partial charge in [-0.25, -0.2) is 8.42 Å². The monoisotopic (exact) mass is 509 g/mol. The molecule has 34 heavy (non-hydrogen) atoms. The second-order valence-electron chi connectivity index (χ2n) is 7.59. The number of rotatable bonds is 8. The van der Waals surface area contributed by atoms with Crippen molar-refractivity contribution in [3.05, 3.63) is 106 Å². The fourth-order valence-corrected chi connectivity index (χ4v) is 6.11. The highest BCUT2D eigenvalue weighted by atomic mass is 35.5. The molecule has 0 radical (unpaired) electrons. The molecule has 5 aromatic rings. The van der Waals surface area contributed by atoms with Gasteiger partial charge in [0.1, 0.15) is 5.01 Å². The molecule has 172 valence electrons. The lowest BCUT2D eigenvalue weighted by molar-refractivity contribution is 0.589. The number of hydrogen-bond acceptors (Lipinski definition) is 6. The lowest BCUT2D eigenvalue weighted by Gasteiger charge is -2.24. The van der Waals surface area contributed by atoms with Crippen LogP contribution in [0.15, 0.2) is 89.8 Å². The Morgan fingerprint density at radius 1 is 0.882 bits per heavy atom. The Bertz CT molecular complexity index is 1500. The maximum absolute atomic E-state index is 13.5. The molecule has 2 aromatic heterocycles. The van der Waals surface area contributed by atoms with Gasteiger partial charge in [-0.3, -0.25) is 4.31 Å². The van der Waals surface area contributed by atoms with Crippen molar-refractivity contribution in [2.24, 2.45) is 0 Å². The molecule has 10 heteroatoms. The Kier molecular flexibility index (Phi) is 6.32. The molecule has 0 amide bonds. The van der Waals surface area contributed by atoms with Crippen LogP contribution in [0.2, 0.25) is 5.02 Å². The SMILES string of the molecule is O=S(=O)(c1ccccc1)N(CCc1nnc2sc(Cc3ccccc3)nn12)c1ccc(Cl)cc1. The fraction of sp³-hybridized carbons (Fsp3) is 0.125. The smallest absolute Gasteiger partial charge is 0.264 e. The molecular formula is C24H20ClN5O2S2. The van der Waals surface area contributed by atoms with Gasteiger partial charge in [0.05, 0.1) is 10.6 Å². The van der Waals surface area contributed by atoms with Gasteiger partial charge >= 0.3 is 0 Å². The minimum absolute atomic E-state index is 0.172. The highest BCUT2D eigenvalue weighted by Crippen LogP contribution is 2.26. The van der Waals surface area contributed by atoms with E-state index in [0.717, 1.165) is 10.6 Å². The van der Waals surface area contributed by atoms with E-state index in [1.165, 1.54) is 15.6 Å². The van der Waals surface area contributed by atoms with E-state index in [9.17, 15) is 8.42 Å². The number of aromatic nitrogens is 4. The lowest BCUT2D eigenvalue weighted by Crippen LogP contribution is -2.33. The Labute approximate surface area is 206 Å². The summed E-state index contributed by atoms with van der Waals surface area (Å²) in [6.45, 7) is 0.172. The molecule has 0 N–H and O–H groups in total. The summed E-state index contributed by atoms with van der Waals surface area (Å²) in [5.41, 5.74) is 1.69. The summed E-state index contributed by atoms with van der Waals surface area (Å²) in [5, 5.41) is 14.6. The number of anilines is 1. The summed E-state index contributed by atoms with van der Waals surface area (Å²) in [5.74, 6) is 0.604. The van der Waals surface area contributed by atoms with E-state index in [-0.39, 0.29) is 11.4 Å². The summed E-state index contributed by atoms with van der Waals surface area (Å²) < 4.78 is 30.0. The summed E-state index contributed by atoms with van der Waals surface area (Å²) in [6.07, 6.45) is 1.04. The van der Waals surface area contributed by atoms with Crippen molar-refractivity contribution < 1.29 is 8.42 Å². The van der Waals surface area contributed by atoms with Crippen molar-refractivity contribution in [1.29, 1.82) is 0 Å². The van der Waals surface area contributed by atoms with E-state index in [4.69, 9.17) is 11.6 Å². The van der Waals surface area contributed by atoms with E-state index in [1.807, 2.05) is 18.2 Å². The maximum Gasteiger partial charge on any atom is 0.264 e. The van der Waals surface area contributed by atoms with Crippen molar-refractivity contribution >= 4 is 43.6 Å². The van der Waals surface area contributed by atoms with Crippen LogP contribution in [-0.2, 0) is 22.9 Å². The lowest BCUT2D eigenvalue weighted by atomic mass is 10.2. The molecule has 7 nitrogen and oxygen atoms in total. The van der Waals surface area contributed by atoms with E-state index < -0.39 is 10.0 Å². The second kappa shape index (κ2) is 9.54. The third kappa shape index (κ3) is 4.68. The van der Waals surface area contributed by atoms with Crippen molar-refractivity contribution in [1.82, 2.24) is 19.8 Å². The van der Waals surface area contributed by atoms with Gasteiger partial charge in [0.15, 0.2) is 5.82 Å². The molecule has 2 heterocycles. The largest absolute Gasteiger partial charge is 0.266 e. The van der Waals surface area contributed by atoms with Crippen molar-refractivity contribution in [3.8, 4) is 0 Å². The van der Waals surface area contributed by atoms with Gasteiger partial charge in [0.2, 0.25) is 4.96 Å². The molecule has 0 unspecified atom stereocenters. The van der Waals surface area contributed by atoms with Crippen LogP contribution >= 0.6 is 22.9 Å². The highest BCUT2D eigenvalue weighted by Gasteiger charge is 2.25. The standard InChI is InChI=1S/C24H20ClN5O2S2/c25-19-11-13-20(14-12-19)29(34(31,32)21-9-5-2-6-10-21)16-15-22-26-27-24-30(22)28-23(33-24)17-18-7-3-1-4-8-18/h1-14H,15-17H2. The first kappa shape index (κ1) is 22.5. The number of hydrogen-bond donors (Lipinski definition) is 0. The third-order valence-corrected chi connectivity index (χ3v) is 8.27.